The fourth-order valence-corrected chi connectivity index (χ4v) is 2.81. The van der Waals surface area contributed by atoms with Crippen LogP contribution in [0.15, 0.2) is 24.3 Å². The molecule has 0 spiro atoms. The lowest BCUT2D eigenvalue weighted by Gasteiger charge is -2.14. The molecule has 1 amide bonds. The summed E-state index contributed by atoms with van der Waals surface area (Å²) in [7, 11) is 0. The first-order chi connectivity index (χ1) is 9.66. The summed E-state index contributed by atoms with van der Waals surface area (Å²) in [6, 6.07) is 6.52. The predicted molar refractivity (Wildman–Crippen MR) is 77.8 cm³/mol. The summed E-state index contributed by atoms with van der Waals surface area (Å²) in [5.74, 6) is -0.657. The molecule has 0 aliphatic heterocycles. The Balaban J connectivity index is 1.95. The van der Waals surface area contributed by atoms with E-state index in [0.29, 0.717) is 18.0 Å². The molecule has 0 heterocycles. The van der Waals surface area contributed by atoms with Gasteiger partial charge in [0.2, 0.25) is 5.91 Å². The van der Waals surface area contributed by atoms with Gasteiger partial charge in [-0.15, -0.1) is 0 Å². The minimum atomic E-state index is -1.02. The standard InChI is InChI=1S/C16H21NO3/c18-15(11-12-7-3-1-2-4-8-12)17-14-10-6-5-9-13(14)16(19)20/h5-6,9-10,12H,1-4,7-8,11H2,(H,17,18)(H,19,20). The average molecular weight is 275 g/mol. The van der Waals surface area contributed by atoms with E-state index in [1.54, 1.807) is 18.2 Å². The van der Waals surface area contributed by atoms with Crippen molar-refractivity contribution in [3.63, 3.8) is 0 Å². The van der Waals surface area contributed by atoms with Gasteiger partial charge in [0, 0.05) is 6.42 Å². The van der Waals surface area contributed by atoms with Crippen LogP contribution in [0.5, 0.6) is 0 Å². The van der Waals surface area contributed by atoms with Crippen molar-refractivity contribution in [3.05, 3.63) is 29.8 Å². The molecule has 4 nitrogen and oxygen atoms in total. The van der Waals surface area contributed by atoms with Crippen molar-refractivity contribution in [3.8, 4) is 0 Å². The van der Waals surface area contributed by atoms with E-state index in [4.69, 9.17) is 5.11 Å². The van der Waals surface area contributed by atoms with Crippen molar-refractivity contribution in [1.29, 1.82) is 0 Å². The Morgan fingerprint density at radius 1 is 1.10 bits per heavy atom. The van der Waals surface area contributed by atoms with Gasteiger partial charge >= 0.3 is 5.97 Å². The van der Waals surface area contributed by atoms with Crippen LogP contribution in [-0.4, -0.2) is 17.0 Å². The molecule has 1 aliphatic carbocycles. The topological polar surface area (TPSA) is 66.4 Å². The van der Waals surface area contributed by atoms with Gasteiger partial charge in [0.15, 0.2) is 0 Å². The molecule has 108 valence electrons. The first kappa shape index (κ1) is 14.6. The maximum absolute atomic E-state index is 12.1. The van der Waals surface area contributed by atoms with Crippen LogP contribution in [0.1, 0.15) is 55.3 Å². The van der Waals surface area contributed by atoms with E-state index in [0.717, 1.165) is 12.8 Å². The largest absolute Gasteiger partial charge is 0.478 e. The minimum Gasteiger partial charge on any atom is -0.478 e. The van der Waals surface area contributed by atoms with Gasteiger partial charge in [0.1, 0.15) is 0 Å². The van der Waals surface area contributed by atoms with Crippen LogP contribution in [0.25, 0.3) is 0 Å². The van der Waals surface area contributed by atoms with Crippen molar-refractivity contribution < 1.29 is 14.7 Å². The first-order valence-corrected chi connectivity index (χ1v) is 7.29. The van der Waals surface area contributed by atoms with Gasteiger partial charge in [0.05, 0.1) is 11.3 Å². The molecule has 0 bridgehead atoms. The lowest BCUT2D eigenvalue weighted by molar-refractivity contribution is -0.117. The summed E-state index contributed by atoms with van der Waals surface area (Å²) in [5.41, 5.74) is 0.528. The van der Waals surface area contributed by atoms with Gasteiger partial charge in [-0.1, -0.05) is 37.8 Å². The number of carboxylic acid groups (broad SMARTS) is 1. The van der Waals surface area contributed by atoms with Crippen LogP contribution >= 0.6 is 0 Å². The maximum Gasteiger partial charge on any atom is 0.337 e. The van der Waals surface area contributed by atoms with Crippen molar-refractivity contribution in [2.24, 2.45) is 5.92 Å². The second kappa shape index (κ2) is 7.08. The highest BCUT2D eigenvalue weighted by Crippen LogP contribution is 2.26. The molecule has 4 heteroatoms. The molecule has 0 radical (unpaired) electrons. The van der Waals surface area contributed by atoms with Crippen molar-refractivity contribution in [2.45, 2.75) is 44.9 Å². The molecule has 1 aliphatic rings. The van der Waals surface area contributed by atoms with E-state index in [9.17, 15) is 9.59 Å². The third-order valence-corrected chi connectivity index (χ3v) is 3.88. The zero-order valence-electron chi connectivity index (χ0n) is 11.6. The summed E-state index contributed by atoms with van der Waals surface area (Å²) < 4.78 is 0. The lowest BCUT2D eigenvalue weighted by atomic mass is 9.96. The Morgan fingerprint density at radius 2 is 1.75 bits per heavy atom. The van der Waals surface area contributed by atoms with Crippen molar-refractivity contribution in [2.75, 3.05) is 5.32 Å². The number of benzene rings is 1. The van der Waals surface area contributed by atoms with Crippen LogP contribution in [0, 0.1) is 5.92 Å². The van der Waals surface area contributed by atoms with E-state index in [1.807, 2.05) is 0 Å². The summed E-state index contributed by atoms with van der Waals surface area (Å²) in [5, 5.41) is 11.8. The summed E-state index contributed by atoms with van der Waals surface area (Å²) in [6.07, 6.45) is 7.63. The third kappa shape index (κ3) is 4.08. The number of amides is 1. The summed E-state index contributed by atoms with van der Waals surface area (Å²) in [6.45, 7) is 0. The lowest BCUT2D eigenvalue weighted by Crippen LogP contribution is -2.18. The number of para-hydroxylation sites is 1. The zero-order valence-corrected chi connectivity index (χ0v) is 11.6. The second-order valence-electron chi connectivity index (χ2n) is 5.46. The normalized spacial score (nSPS) is 16.4. The molecule has 0 saturated heterocycles. The Labute approximate surface area is 119 Å². The molecule has 1 fully saturated rings. The minimum absolute atomic E-state index is 0.0781. The van der Waals surface area contributed by atoms with Crippen LogP contribution in [0.2, 0.25) is 0 Å². The van der Waals surface area contributed by atoms with Gasteiger partial charge < -0.3 is 10.4 Å². The predicted octanol–water partition coefficient (Wildman–Crippen LogP) is 3.68. The van der Waals surface area contributed by atoms with Gasteiger partial charge in [-0.25, -0.2) is 4.79 Å². The monoisotopic (exact) mass is 275 g/mol. The van der Waals surface area contributed by atoms with Crippen molar-refractivity contribution >= 4 is 17.6 Å². The zero-order chi connectivity index (χ0) is 14.4. The molecular formula is C16H21NO3. The van der Waals surface area contributed by atoms with E-state index < -0.39 is 5.97 Å². The fourth-order valence-electron chi connectivity index (χ4n) is 2.81. The summed E-state index contributed by atoms with van der Waals surface area (Å²) >= 11 is 0. The number of nitrogens with one attached hydrogen (secondary N) is 1. The number of hydrogen-bond acceptors (Lipinski definition) is 2. The Morgan fingerprint density at radius 3 is 2.40 bits per heavy atom. The molecule has 2 N–H and O–H groups in total. The van der Waals surface area contributed by atoms with E-state index in [2.05, 4.69) is 5.32 Å². The molecule has 0 atom stereocenters. The Kier molecular flexibility index (Phi) is 5.16. The number of aromatic carboxylic acids is 1. The molecule has 20 heavy (non-hydrogen) atoms. The van der Waals surface area contributed by atoms with Crippen LogP contribution < -0.4 is 5.32 Å². The average Bonchev–Trinajstić information content (AvgIpc) is 2.67. The highest BCUT2D eigenvalue weighted by molar-refractivity contribution is 6.00. The molecule has 0 unspecified atom stereocenters. The number of hydrogen-bond donors (Lipinski definition) is 2. The van der Waals surface area contributed by atoms with Gasteiger partial charge in [0.25, 0.3) is 0 Å². The molecule has 0 aromatic heterocycles. The first-order valence-electron chi connectivity index (χ1n) is 7.29. The molecular weight excluding hydrogens is 254 g/mol. The Hall–Kier alpha value is -1.84. The number of rotatable bonds is 4. The van der Waals surface area contributed by atoms with Crippen molar-refractivity contribution in [1.82, 2.24) is 0 Å². The van der Waals surface area contributed by atoms with Gasteiger partial charge in [-0.05, 0) is 30.9 Å². The fraction of sp³-hybridized carbons (Fsp3) is 0.500. The molecule has 1 aromatic rings. The number of carboxylic acids is 1. The number of anilines is 1. The highest BCUT2D eigenvalue weighted by atomic mass is 16.4. The number of carbonyl (C=O) groups excluding carboxylic acids is 1. The van der Waals surface area contributed by atoms with Crippen LogP contribution in [-0.2, 0) is 4.79 Å². The van der Waals surface area contributed by atoms with Crippen LogP contribution in [0.4, 0.5) is 5.69 Å². The van der Waals surface area contributed by atoms with Crippen LogP contribution in [0.3, 0.4) is 0 Å². The molecule has 1 saturated carbocycles. The highest BCUT2D eigenvalue weighted by Gasteiger charge is 2.17. The quantitative estimate of drug-likeness (QED) is 0.824. The van der Waals surface area contributed by atoms with Gasteiger partial charge in [-0.2, -0.15) is 0 Å². The summed E-state index contributed by atoms with van der Waals surface area (Å²) in [4.78, 5) is 23.2. The van der Waals surface area contributed by atoms with E-state index in [1.165, 1.54) is 31.7 Å². The maximum atomic E-state index is 12.1. The third-order valence-electron chi connectivity index (χ3n) is 3.88. The molecule has 2 rings (SSSR count). The Bertz CT molecular complexity index is 476. The van der Waals surface area contributed by atoms with Gasteiger partial charge in [-0.3, -0.25) is 4.79 Å². The smallest absolute Gasteiger partial charge is 0.337 e. The van der Waals surface area contributed by atoms with E-state index in [-0.39, 0.29) is 11.5 Å². The second-order valence-corrected chi connectivity index (χ2v) is 5.46. The SMILES string of the molecule is O=C(CC1CCCCCC1)Nc1ccccc1C(=O)O. The number of carbonyl (C=O) groups is 2. The molecule has 1 aromatic carbocycles. The van der Waals surface area contributed by atoms with E-state index >= 15 is 0 Å².